The minimum Gasteiger partial charge on any atom is -0.327 e. The van der Waals surface area contributed by atoms with E-state index >= 15 is 0 Å². The fourth-order valence-electron chi connectivity index (χ4n) is 4.14. The first-order chi connectivity index (χ1) is 13.0. The summed E-state index contributed by atoms with van der Waals surface area (Å²) >= 11 is 0. The molecule has 2 N–H and O–H groups in total. The van der Waals surface area contributed by atoms with E-state index < -0.39 is 0 Å². The maximum atomic E-state index is 6.55. The molecule has 0 amide bonds. The number of unbranched alkanes of at least 4 members (excludes halogenated alkanes) is 16. The van der Waals surface area contributed by atoms with Gasteiger partial charge in [-0.3, -0.25) is 0 Å². The molecule has 1 atom stereocenters. The van der Waals surface area contributed by atoms with Crippen LogP contribution in [0.25, 0.3) is 0 Å². The quantitative estimate of drug-likeness (QED) is 0.197. The molecule has 1 nitrogen and oxygen atoms in total. The lowest BCUT2D eigenvalue weighted by molar-refractivity contribution is 0.238. The van der Waals surface area contributed by atoms with Gasteiger partial charge in [0, 0.05) is 6.04 Å². The second kappa shape index (κ2) is 19.3. The standard InChI is InChI=1S/C26H55N/c1-5-7-9-11-13-14-15-16-17-19-21-23-25(27)26(3,4)24-22-20-18-12-10-8-6-2/h25H,5-24,27H2,1-4H3. The van der Waals surface area contributed by atoms with Gasteiger partial charge in [-0.2, -0.15) is 0 Å². The highest BCUT2D eigenvalue weighted by atomic mass is 14.7. The van der Waals surface area contributed by atoms with Gasteiger partial charge in [0.15, 0.2) is 0 Å². The Hall–Kier alpha value is -0.0400. The molecule has 27 heavy (non-hydrogen) atoms. The summed E-state index contributed by atoms with van der Waals surface area (Å²) in [5, 5.41) is 0. The lowest BCUT2D eigenvalue weighted by Gasteiger charge is -2.32. The molecule has 0 heterocycles. The van der Waals surface area contributed by atoms with E-state index in [9.17, 15) is 0 Å². The molecule has 0 aromatic rings. The molecule has 0 bridgehead atoms. The molecule has 0 saturated heterocycles. The molecule has 0 aliphatic carbocycles. The van der Waals surface area contributed by atoms with Crippen molar-refractivity contribution in [2.75, 3.05) is 0 Å². The van der Waals surface area contributed by atoms with E-state index in [-0.39, 0.29) is 0 Å². The molecule has 0 aliphatic heterocycles. The van der Waals surface area contributed by atoms with Gasteiger partial charge in [0.2, 0.25) is 0 Å². The van der Waals surface area contributed by atoms with Gasteiger partial charge in [-0.15, -0.1) is 0 Å². The third-order valence-corrected chi connectivity index (χ3v) is 6.55. The van der Waals surface area contributed by atoms with Crippen LogP contribution in [0, 0.1) is 5.41 Å². The van der Waals surface area contributed by atoms with Crippen LogP contribution in [0.4, 0.5) is 0 Å². The molecule has 0 spiro atoms. The van der Waals surface area contributed by atoms with Crippen molar-refractivity contribution in [2.45, 2.75) is 162 Å². The van der Waals surface area contributed by atoms with E-state index in [1.165, 1.54) is 128 Å². The normalized spacial score (nSPS) is 13.2. The minimum atomic E-state index is 0.321. The Kier molecular flexibility index (Phi) is 19.3. The molecule has 0 fully saturated rings. The number of nitrogens with two attached hydrogens (primary N) is 1. The van der Waals surface area contributed by atoms with E-state index in [1.54, 1.807) is 0 Å². The number of hydrogen-bond donors (Lipinski definition) is 1. The second-order valence-electron chi connectivity index (χ2n) is 9.79. The summed E-state index contributed by atoms with van der Waals surface area (Å²) in [5.74, 6) is 0. The smallest absolute Gasteiger partial charge is 0.00902 e. The van der Waals surface area contributed by atoms with Crippen LogP contribution in [-0.4, -0.2) is 6.04 Å². The van der Waals surface area contributed by atoms with E-state index in [1.807, 2.05) is 0 Å². The van der Waals surface area contributed by atoms with Crippen LogP contribution in [0.5, 0.6) is 0 Å². The van der Waals surface area contributed by atoms with Gasteiger partial charge in [-0.25, -0.2) is 0 Å². The first-order valence-electron chi connectivity index (χ1n) is 12.8. The lowest BCUT2D eigenvalue weighted by atomic mass is 9.78. The monoisotopic (exact) mass is 381 g/mol. The zero-order valence-electron chi connectivity index (χ0n) is 19.8. The molecule has 0 rings (SSSR count). The van der Waals surface area contributed by atoms with Crippen LogP contribution in [0.2, 0.25) is 0 Å². The Balaban J connectivity index is 3.49. The average molecular weight is 382 g/mol. The van der Waals surface area contributed by atoms with Crippen molar-refractivity contribution in [1.29, 1.82) is 0 Å². The highest BCUT2D eigenvalue weighted by Gasteiger charge is 2.25. The third-order valence-electron chi connectivity index (χ3n) is 6.55. The Morgan fingerprint density at radius 2 is 0.852 bits per heavy atom. The highest BCUT2D eigenvalue weighted by molar-refractivity contribution is 4.81. The summed E-state index contributed by atoms with van der Waals surface area (Å²) in [6.07, 6.45) is 27.9. The Bertz CT molecular complexity index is 284. The third kappa shape index (κ3) is 17.8. The van der Waals surface area contributed by atoms with Crippen molar-refractivity contribution in [2.24, 2.45) is 11.1 Å². The summed E-state index contributed by atoms with van der Waals surface area (Å²) in [4.78, 5) is 0. The summed E-state index contributed by atoms with van der Waals surface area (Å²) in [7, 11) is 0. The Morgan fingerprint density at radius 1 is 0.519 bits per heavy atom. The summed E-state index contributed by atoms with van der Waals surface area (Å²) in [6, 6.07) is 0.385. The number of hydrogen-bond acceptors (Lipinski definition) is 1. The minimum absolute atomic E-state index is 0.321. The van der Waals surface area contributed by atoms with Gasteiger partial charge < -0.3 is 5.73 Å². The zero-order valence-corrected chi connectivity index (χ0v) is 19.8. The Morgan fingerprint density at radius 3 is 1.26 bits per heavy atom. The first kappa shape index (κ1) is 27.0. The second-order valence-corrected chi connectivity index (χ2v) is 9.79. The molecule has 1 heteroatoms. The zero-order chi connectivity index (χ0) is 20.2. The maximum Gasteiger partial charge on any atom is 0.00902 e. The summed E-state index contributed by atoms with van der Waals surface area (Å²) < 4.78 is 0. The van der Waals surface area contributed by atoms with Gasteiger partial charge in [0.05, 0.1) is 0 Å². The van der Waals surface area contributed by atoms with Crippen molar-refractivity contribution >= 4 is 0 Å². The van der Waals surface area contributed by atoms with Crippen LogP contribution in [0.3, 0.4) is 0 Å². The first-order valence-corrected chi connectivity index (χ1v) is 12.8. The van der Waals surface area contributed by atoms with Gasteiger partial charge in [0.25, 0.3) is 0 Å². The SMILES string of the molecule is CCCCCCCCCCCCCC(N)C(C)(C)CCCCCCCCC. The molecule has 0 aromatic heterocycles. The van der Waals surface area contributed by atoms with Gasteiger partial charge >= 0.3 is 0 Å². The molecule has 0 aliphatic rings. The fourth-order valence-corrected chi connectivity index (χ4v) is 4.14. The molecule has 0 saturated carbocycles. The van der Waals surface area contributed by atoms with E-state index in [0.29, 0.717) is 11.5 Å². The van der Waals surface area contributed by atoms with Crippen molar-refractivity contribution in [1.82, 2.24) is 0 Å². The van der Waals surface area contributed by atoms with Crippen LogP contribution >= 0.6 is 0 Å². The van der Waals surface area contributed by atoms with Crippen LogP contribution in [0.1, 0.15) is 156 Å². The predicted octanol–water partition coefficient (Wildman–Crippen LogP) is 9.18. The molecule has 164 valence electrons. The summed E-state index contributed by atoms with van der Waals surface area (Å²) in [5.41, 5.74) is 6.87. The lowest BCUT2D eigenvalue weighted by Crippen LogP contribution is -2.37. The van der Waals surface area contributed by atoms with E-state index in [4.69, 9.17) is 5.73 Å². The fraction of sp³-hybridized carbons (Fsp3) is 1.00. The van der Waals surface area contributed by atoms with Crippen molar-refractivity contribution < 1.29 is 0 Å². The maximum absolute atomic E-state index is 6.55. The van der Waals surface area contributed by atoms with Gasteiger partial charge in [-0.1, -0.05) is 143 Å². The number of rotatable bonds is 21. The van der Waals surface area contributed by atoms with E-state index in [0.717, 1.165) is 0 Å². The van der Waals surface area contributed by atoms with Crippen molar-refractivity contribution in [3.8, 4) is 0 Å². The van der Waals surface area contributed by atoms with Gasteiger partial charge in [0.1, 0.15) is 0 Å². The Labute approximate surface area is 173 Å². The molecule has 1 unspecified atom stereocenters. The van der Waals surface area contributed by atoms with Crippen LogP contribution in [0.15, 0.2) is 0 Å². The molecule has 0 radical (unpaired) electrons. The highest BCUT2D eigenvalue weighted by Crippen LogP contribution is 2.30. The summed E-state index contributed by atoms with van der Waals surface area (Å²) in [6.45, 7) is 9.38. The van der Waals surface area contributed by atoms with E-state index in [2.05, 4.69) is 27.7 Å². The molecular weight excluding hydrogens is 326 g/mol. The van der Waals surface area contributed by atoms with Gasteiger partial charge in [-0.05, 0) is 18.3 Å². The largest absolute Gasteiger partial charge is 0.327 e. The van der Waals surface area contributed by atoms with Crippen molar-refractivity contribution in [3.05, 3.63) is 0 Å². The average Bonchev–Trinajstić information content (AvgIpc) is 2.65. The van der Waals surface area contributed by atoms with Crippen LogP contribution in [-0.2, 0) is 0 Å². The molecule has 0 aromatic carbocycles. The topological polar surface area (TPSA) is 26.0 Å². The van der Waals surface area contributed by atoms with Crippen LogP contribution < -0.4 is 5.73 Å². The molecular formula is C26H55N. The predicted molar refractivity (Wildman–Crippen MR) is 125 cm³/mol. The van der Waals surface area contributed by atoms with Crippen molar-refractivity contribution in [3.63, 3.8) is 0 Å².